The van der Waals surface area contributed by atoms with E-state index in [4.69, 9.17) is 4.74 Å². The van der Waals surface area contributed by atoms with E-state index in [0.29, 0.717) is 16.4 Å². The highest BCUT2D eigenvalue weighted by molar-refractivity contribution is 7.14. The topological polar surface area (TPSA) is 46.5 Å². The van der Waals surface area contributed by atoms with E-state index >= 15 is 0 Å². The molecule has 0 unspecified atom stereocenters. The molecule has 0 aliphatic carbocycles. The number of hydrogen-bond donors (Lipinski definition) is 1. The molecule has 1 heterocycles. The van der Waals surface area contributed by atoms with Gasteiger partial charge in [0.1, 0.15) is 24.0 Å². The van der Waals surface area contributed by atoms with Gasteiger partial charge in [0.15, 0.2) is 0 Å². The highest BCUT2D eigenvalue weighted by Crippen LogP contribution is 2.24. The van der Waals surface area contributed by atoms with E-state index in [-0.39, 0.29) is 6.61 Å². The Morgan fingerprint density at radius 1 is 0.967 bits per heavy atom. The molecule has 30 heavy (non-hydrogen) atoms. The van der Waals surface area contributed by atoms with Crippen LogP contribution in [0.15, 0.2) is 83.3 Å². The van der Waals surface area contributed by atoms with Crippen molar-refractivity contribution in [3.63, 3.8) is 0 Å². The Hall–Kier alpha value is -3.58. The molecule has 0 radical (unpaired) electrons. The molecule has 0 saturated heterocycles. The second-order valence-electron chi connectivity index (χ2n) is 6.41. The summed E-state index contributed by atoms with van der Waals surface area (Å²) in [4.78, 5) is 4.51. The lowest BCUT2D eigenvalue weighted by Crippen LogP contribution is -1.97. The van der Waals surface area contributed by atoms with Gasteiger partial charge >= 0.3 is 0 Å². The summed E-state index contributed by atoms with van der Waals surface area (Å²) in [5.41, 5.74) is 6.19. The molecule has 0 amide bonds. The average Bonchev–Trinajstić information content (AvgIpc) is 3.22. The monoisotopic (exact) mass is 421 g/mol. The quantitative estimate of drug-likeness (QED) is 0.289. The Balaban J connectivity index is 1.31. The third-order valence-electron chi connectivity index (χ3n) is 4.16. The predicted octanol–water partition coefficient (Wildman–Crippen LogP) is 6.11. The number of nitrogens with zero attached hydrogens (tertiary/aromatic N) is 2. The van der Waals surface area contributed by atoms with Crippen LogP contribution in [0.25, 0.3) is 11.3 Å². The largest absolute Gasteiger partial charge is 0.489 e. The summed E-state index contributed by atoms with van der Waals surface area (Å²) >= 11 is 1.48. The summed E-state index contributed by atoms with van der Waals surface area (Å²) in [6, 6.07) is 20.5. The standard InChI is InChI=1S/C23H17F2N3OS/c24-19-10-17(11-20(25)12-19)14-29-21-8-6-16(7-9-21)13-26-28-23-27-22(15-30-23)18-4-2-1-3-5-18/h1-13,15H,14H2,(H,27,28). The molecular formula is C23H17F2N3OS. The number of anilines is 1. The van der Waals surface area contributed by atoms with Crippen molar-refractivity contribution in [2.24, 2.45) is 5.10 Å². The molecule has 4 nitrogen and oxygen atoms in total. The van der Waals surface area contributed by atoms with Gasteiger partial charge in [0.05, 0.1) is 11.9 Å². The van der Waals surface area contributed by atoms with Crippen LogP contribution in [0.2, 0.25) is 0 Å². The van der Waals surface area contributed by atoms with Gasteiger partial charge in [-0.15, -0.1) is 11.3 Å². The minimum Gasteiger partial charge on any atom is -0.489 e. The van der Waals surface area contributed by atoms with Crippen LogP contribution in [0, 0.1) is 11.6 Å². The SMILES string of the molecule is Fc1cc(F)cc(COc2ccc(C=NNc3nc(-c4ccccc4)cs3)cc2)c1. The first-order valence-corrected chi connectivity index (χ1v) is 10.0. The number of halogens is 2. The van der Waals surface area contributed by atoms with Gasteiger partial charge in [-0.25, -0.2) is 13.8 Å². The van der Waals surface area contributed by atoms with Gasteiger partial charge in [-0.3, -0.25) is 5.43 Å². The lowest BCUT2D eigenvalue weighted by Gasteiger charge is -2.07. The Morgan fingerprint density at radius 3 is 2.43 bits per heavy atom. The Labute approximate surface area is 176 Å². The molecule has 150 valence electrons. The van der Waals surface area contributed by atoms with E-state index in [0.717, 1.165) is 22.9 Å². The molecule has 0 saturated carbocycles. The van der Waals surface area contributed by atoms with Crippen molar-refractivity contribution in [2.75, 3.05) is 5.43 Å². The van der Waals surface area contributed by atoms with Crippen LogP contribution in [0.5, 0.6) is 5.75 Å². The van der Waals surface area contributed by atoms with Gasteiger partial charge in [-0.1, -0.05) is 30.3 Å². The van der Waals surface area contributed by atoms with E-state index in [2.05, 4.69) is 15.5 Å². The third-order valence-corrected chi connectivity index (χ3v) is 4.90. The maximum absolute atomic E-state index is 13.2. The van der Waals surface area contributed by atoms with Gasteiger partial charge in [0.2, 0.25) is 5.13 Å². The van der Waals surface area contributed by atoms with Crippen molar-refractivity contribution < 1.29 is 13.5 Å². The fraction of sp³-hybridized carbons (Fsp3) is 0.0435. The first-order valence-electron chi connectivity index (χ1n) is 9.13. The van der Waals surface area contributed by atoms with Crippen LogP contribution in [0.3, 0.4) is 0 Å². The summed E-state index contributed by atoms with van der Waals surface area (Å²) in [6.07, 6.45) is 1.68. The molecule has 0 aliphatic heterocycles. The zero-order valence-electron chi connectivity index (χ0n) is 15.8. The van der Waals surface area contributed by atoms with Crippen molar-refractivity contribution in [3.8, 4) is 17.0 Å². The van der Waals surface area contributed by atoms with Gasteiger partial charge in [-0.05, 0) is 47.5 Å². The lowest BCUT2D eigenvalue weighted by molar-refractivity contribution is 0.305. The van der Waals surface area contributed by atoms with Gasteiger partial charge in [-0.2, -0.15) is 5.10 Å². The molecule has 4 aromatic rings. The number of rotatable bonds is 7. The van der Waals surface area contributed by atoms with Crippen LogP contribution >= 0.6 is 11.3 Å². The Kier molecular flexibility index (Phi) is 6.10. The maximum Gasteiger partial charge on any atom is 0.203 e. The van der Waals surface area contributed by atoms with E-state index in [9.17, 15) is 8.78 Å². The molecule has 1 aromatic heterocycles. The highest BCUT2D eigenvalue weighted by Gasteiger charge is 2.04. The molecule has 0 aliphatic rings. The lowest BCUT2D eigenvalue weighted by atomic mass is 10.2. The van der Waals surface area contributed by atoms with Gasteiger partial charge < -0.3 is 4.74 Å². The summed E-state index contributed by atoms with van der Waals surface area (Å²) in [6.45, 7) is 0.0808. The second kappa shape index (κ2) is 9.28. The first kappa shape index (κ1) is 19.7. The summed E-state index contributed by atoms with van der Waals surface area (Å²) < 4.78 is 32.0. The van der Waals surface area contributed by atoms with E-state index in [1.165, 1.54) is 23.5 Å². The highest BCUT2D eigenvalue weighted by atomic mass is 32.1. The van der Waals surface area contributed by atoms with Crippen LogP contribution < -0.4 is 10.2 Å². The van der Waals surface area contributed by atoms with Crippen LogP contribution in [-0.4, -0.2) is 11.2 Å². The molecule has 7 heteroatoms. The van der Waals surface area contributed by atoms with Crippen molar-refractivity contribution in [3.05, 3.63) is 101 Å². The van der Waals surface area contributed by atoms with Crippen molar-refractivity contribution >= 4 is 22.7 Å². The Bertz CT molecular complexity index is 1120. The number of thiazole rings is 1. The summed E-state index contributed by atoms with van der Waals surface area (Å²) in [7, 11) is 0. The molecule has 1 N–H and O–H groups in total. The smallest absolute Gasteiger partial charge is 0.203 e. The van der Waals surface area contributed by atoms with E-state index < -0.39 is 11.6 Å². The van der Waals surface area contributed by atoms with Crippen LogP contribution in [-0.2, 0) is 6.61 Å². The number of aromatic nitrogens is 1. The third kappa shape index (κ3) is 5.27. The zero-order chi connectivity index (χ0) is 20.8. The van der Waals surface area contributed by atoms with Crippen molar-refractivity contribution in [1.29, 1.82) is 0 Å². The minimum atomic E-state index is -0.622. The number of ether oxygens (including phenoxy) is 1. The molecule has 4 rings (SSSR count). The van der Waals surface area contributed by atoms with Crippen LogP contribution in [0.4, 0.5) is 13.9 Å². The molecule has 0 bridgehead atoms. The fourth-order valence-electron chi connectivity index (χ4n) is 2.74. The number of hydrogen-bond acceptors (Lipinski definition) is 5. The average molecular weight is 421 g/mol. The molecule has 0 fully saturated rings. The fourth-order valence-corrected chi connectivity index (χ4v) is 3.41. The van der Waals surface area contributed by atoms with Crippen molar-refractivity contribution in [1.82, 2.24) is 4.98 Å². The predicted molar refractivity (Wildman–Crippen MR) is 116 cm³/mol. The number of nitrogens with one attached hydrogen (secondary N) is 1. The van der Waals surface area contributed by atoms with Crippen LogP contribution in [0.1, 0.15) is 11.1 Å². The minimum absolute atomic E-state index is 0.0808. The summed E-state index contributed by atoms with van der Waals surface area (Å²) in [5, 5.41) is 6.89. The van der Waals surface area contributed by atoms with E-state index in [1.807, 2.05) is 47.8 Å². The van der Waals surface area contributed by atoms with Gasteiger partial charge in [0.25, 0.3) is 0 Å². The number of benzene rings is 3. The molecule has 0 spiro atoms. The van der Waals surface area contributed by atoms with Crippen molar-refractivity contribution in [2.45, 2.75) is 6.61 Å². The Morgan fingerprint density at radius 2 is 1.70 bits per heavy atom. The zero-order valence-corrected chi connectivity index (χ0v) is 16.6. The molecule has 3 aromatic carbocycles. The maximum atomic E-state index is 13.2. The second-order valence-corrected chi connectivity index (χ2v) is 7.27. The molecular weight excluding hydrogens is 404 g/mol. The summed E-state index contributed by atoms with van der Waals surface area (Å²) in [5.74, 6) is -0.648. The molecule has 0 atom stereocenters. The van der Waals surface area contributed by atoms with E-state index in [1.54, 1.807) is 18.3 Å². The normalized spacial score (nSPS) is 11.0. The first-order chi connectivity index (χ1) is 14.7. The number of hydrazone groups is 1. The van der Waals surface area contributed by atoms with Gasteiger partial charge in [0, 0.05) is 17.0 Å².